The number of amides is 1. The molecule has 1 aliphatic rings. The Kier molecular flexibility index (Phi) is 7.34. The van der Waals surface area contributed by atoms with E-state index in [0.29, 0.717) is 12.1 Å². The molecule has 28 heavy (non-hydrogen) atoms. The maximum Gasteiger partial charge on any atom is 0.255 e. The number of nitrogens with one attached hydrogen (secondary N) is 1. The summed E-state index contributed by atoms with van der Waals surface area (Å²) in [6, 6.07) is 13.6. The average molecular weight is 446 g/mol. The Hall–Kier alpha value is -2.05. The molecular weight excluding hydrogens is 418 g/mol. The van der Waals surface area contributed by atoms with Gasteiger partial charge in [-0.2, -0.15) is 0 Å². The smallest absolute Gasteiger partial charge is 0.255 e. The quantitative estimate of drug-likeness (QED) is 0.636. The second-order valence-corrected chi connectivity index (χ2v) is 8.21. The highest BCUT2D eigenvalue weighted by atomic mass is 79.9. The standard InChI is InChI=1S/C22H28BrN3O2/c1-17-5-4-6-19(15-17)26-13-11-25(12-14-26)10-3-2-9-24-22(28)20-16-18(23)7-8-21(20)27/h4-8,15-16,27H,2-3,9-14H2,1H3,(H,24,28). The molecule has 1 aliphatic heterocycles. The fraction of sp³-hybridized carbons (Fsp3) is 0.409. The van der Waals surface area contributed by atoms with E-state index < -0.39 is 0 Å². The largest absolute Gasteiger partial charge is 0.507 e. The Bertz CT molecular complexity index is 804. The second-order valence-electron chi connectivity index (χ2n) is 7.29. The van der Waals surface area contributed by atoms with Crippen LogP contribution in [-0.4, -0.2) is 55.2 Å². The zero-order valence-electron chi connectivity index (χ0n) is 16.3. The van der Waals surface area contributed by atoms with Crippen molar-refractivity contribution in [2.75, 3.05) is 44.2 Å². The number of benzene rings is 2. The number of phenols is 1. The molecule has 0 aliphatic carbocycles. The first kappa shape index (κ1) is 20.7. The van der Waals surface area contributed by atoms with Gasteiger partial charge >= 0.3 is 0 Å². The van der Waals surface area contributed by atoms with Crippen LogP contribution in [0.5, 0.6) is 5.75 Å². The summed E-state index contributed by atoms with van der Waals surface area (Å²) >= 11 is 3.32. The van der Waals surface area contributed by atoms with E-state index in [1.165, 1.54) is 17.3 Å². The third-order valence-corrected chi connectivity index (χ3v) is 5.62. The average Bonchev–Trinajstić information content (AvgIpc) is 2.70. The molecule has 0 radical (unpaired) electrons. The van der Waals surface area contributed by atoms with Crippen LogP contribution in [0.15, 0.2) is 46.9 Å². The molecule has 2 aromatic carbocycles. The van der Waals surface area contributed by atoms with Gasteiger partial charge in [0.1, 0.15) is 5.75 Å². The molecule has 2 aromatic rings. The molecule has 0 unspecified atom stereocenters. The van der Waals surface area contributed by atoms with Crippen LogP contribution >= 0.6 is 15.9 Å². The molecule has 1 amide bonds. The van der Waals surface area contributed by atoms with Crippen LogP contribution in [0.1, 0.15) is 28.8 Å². The number of halogens is 1. The van der Waals surface area contributed by atoms with E-state index in [0.717, 1.165) is 50.0 Å². The van der Waals surface area contributed by atoms with Gasteiger partial charge in [-0.3, -0.25) is 9.69 Å². The van der Waals surface area contributed by atoms with Gasteiger partial charge in [0.15, 0.2) is 0 Å². The van der Waals surface area contributed by atoms with Crippen LogP contribution < -0.4 is 10.2 Å². The second kappa shape index (κ2) is 9.94. The highest BCUT2D eigenvalue weighted by Crippen LogP contribution is 2.21. The van der Waals surface area contributed by atoms with Gasteiger partial charge in [-0.1, -0.05) is 28.1 Å². The third-order valence-electron chi connectivity index (χ3n) is 5.13. The van der Waals surface area contributed by atoms with Gasteiger partial charge in [-0.25, -0.2) is 0 Å². The van der Waals surface area contributed by atoms with Crippen LogP contribution in [0, 0.1) is 6.92 Å². The van der Waals surface area contributed by atoms with Gasteiger partial charge in [0.25, 0.3) is 5.91 Å². The topological polar surface area (TPSA) is 55.8 Å². The minimum Gasteiger partial charge on any atom is -0.507 e. The lowest BCUT2D eigenvalue weighted by Gasteiger charge is -2.36. The van der Waals surface area contributed by atoms with Crippen LogP contribution in [0.3, 0.4) is 0 Å². The number of unbranched alkanes of at least 4 members (excludes halogenated alkanes) is 1. The van der Waals surface area contributed by atoms with Crippen LogP contribution in [-0.2, 0) is 0 Å². The summed E-state index contributed by atoms with van der Waals surface area (Å²) < 4.78 is 0.778. The molecule has 0 spiro atoms. The number of piperazine rings is 1. The molecule has 0 bridgehead atoms. The zero-order valence-corrected chi connectivity index (χ0v) is 17.9. The van der Waals surface area contributed by atoms with Crippen molar-refractivity contribution < 1.29 is 9.90 Å². The van der Waals surface area contributed by atoms with Crippen molar-refractivity contribution in [1.82, 2.24) is 10.2 Å². The number of hydrogen-bond acceptors (Lipinski definition) is 4. The first-order chi connectivity index (χ1) is 13.5. The first-order valence-corrected chi connectivity index (χ1v) is 10.6. The van der Waals surface area contributed by atoms with E-state index in [9.17, 15) is 9.90 Å². The van der Waals surface area contributed by atoms with Crippen molar-refractivity contribution in [3.63, 3.8) is 0 Å². The number of rotatable bonds is 7. The van der Waals surface area contributed by atoms with Gasteiger partial charge in [0, 0.05) is 42.9 Å². The van der Waals surface area contributed by atoms with Gasteiger partial charge in [-0.05, 0) is 62.2 Å². The van der Waals surface area contributed by atoms with Gasteiger partial charge in [0.2, 0.25) is 0 Å². The third kappa shape index (κ3) is 5.72. The molecule has 0 aromatic heterocycles. The number of nitrogens with zero attached hydrogens (tertiary/aromatic N) is 2. The highest BCUT2D eigenvalue weighted by molar-refractivity contribution is 9.10. The fourth-order valence-corrected chi connectivity index (χ4v) is 3.86. The summed E-state index contributed by atoms with van der Waals surface area (Å²) in [5.74, 6) is -0.224. The maximum absolute atomic E-state index is 12.2. The Morgan fingerprint density at radius 2 is 1.89 bits per heavy atom. The summed E-state index contributed by atoms with van der Waals surface area (Å²) in [7, 11) is 0. The van der Waals surface area contributed by atoms with E-state index in [4.69, 9.17) is 0 Å². The van der Waals surface area contributed by atoms with E-state index in [-0.39, 0.29) is 11.7 Å². The lowest BCUT2D eigenvalue weighted by Crippen LogP contribution is -2.46. The van der Waals surface area contributed by atoms with Crippen LogP contribution in [0.2, 0.25) is 0 Å². The molecule has 1 fully saturated rings. The van der Waals surface area contributed by atoms with Crippen LogP contribution in [0.25, 0.3) is 0 Å². The lowest BCUT2D eigenvalue weighted by atomic mass is 10.1. The number of phenolic OH excluding ortho intramolecular Hbond substituents is 1. The molecular formula is C22H28BrN3O2. The molecule has 1 saturated heterocycles. The van der Waals surface area contributed by atoms with Crippen molar-refractivity contribution in [3.05, 3.63) is 58.1 Å². The van der Waals surface area contributed by atoms with E-state index in [1.807, 2.05) is 0 Å². The predicted octanol–water partition coefficient (Wildman–Crippen LogP) is 3.80. The van der Waals surface area contributed by atoms with Crippen molar-refractivity contribution >= 4 is 27.5 Å². The minimum absolute atomic E-state index is 0.00665. The van der Waals surface area contributed by atoms with Gasteiger partial charge in [0.05, 0.1) is 5.56 Å². The molecule has 2 N–H and O–H groups in total. The molecule has 0 atom stereocenters. The molecule has 3 rings (SSSR count). The van der Waals surface area contributed by atoms with Crippen molar-refractivity contribution in [3.8, 4) is 5.75 Å². The molecule has 6 heteroatoms. The number of aryl methyl sites for hydroxylation is 1. The number of carbonyl (C=O) groups excluding carboxylic acids is 1. The highest BCUT2D eigenvalue weighted by Gasteiger charge is 2.17. The number of anilines is 1. The van der Waals surface area contributed by atoms with Crippen LogP contribution in [0.4, 0.5) is 5.69 Å². The normalized spacial score (nSPS) is 14.9. The summed E-state index contributed by atoms with van der Waals surface area (Å²) in [5, 5.41) is 12.7. The number of hydrogen-bond donors (Lipinski definition) is 2. The monoisotopic (exact) mass is 445 g/mol. The van der Waals surface area contributed by atoms with E-state index in [2.05, 4.69) is 62.2 Å². The Balaban J connectivity index is 1.33. The van der Waals surface area contributed by atoms with Crippen molar-refractivity contribution in [2.45, 2.75) is 19.8 Å². The summed E-state index contributed by atoms with van der Waals surface area (Å²) in [6.45, 7) is 8.08. The SMILES string of the molecule is Cc1cccc(N2CCN(CCCCNC(=O)c3cc(Br)ccc3O)CC2)c1. The Morgan fingerprint density at radius 1 is 1.11 bits per heavy atom. The summed E-state index contributed by atoms with van der Waals surface area (Å²) in [6.07, 6.45) is 1.98. The first-order valence-electron chi connectivity index (χ1n) is 9.83. The van der Waals surface area contributed by atoms with E-state index in [1.54, 1.807) is 12.1 Å². The summed E-state index contributed by atoms with van der Waals surface area (Å²) in [4.78, 5) is 17.1. The summed E-state index contributed by atoms with van der Waals surface area (Å²) in [5.41, 5.74) is 2.93. The Morgan fingerprint density at radius 3 is 2.64 bits per heavy atom. The number of carbonyl (C=O) groups is 1. The molecule has 5 nitrogen and oxygen atoms in total. The lowest BCUT2D eigenvalue weighted by molar-refractivity contribution is 0.0949. The fourth-order valence-electron chi connectivity index (χ4n) is 3.50. The van der Waals surface area contributed by atoms with Crippen molar-refractivity contribution in [1.29, 1.82) is 0 Å². The molecule has 1 heterocycles. The minimum atomic E-state index is -0.231. The maximum atomic E-state index is 12.2. The number of aromatic hydroxyl groups is 1. The van der Waals surface area contributed by atoms with E-state index >= 15 is 0 Å². The van der Waals surface area contributed by atoms with Gasteiger partial charge in [-0.15, -0.1) is 0 Å². The predicted molar refractivity (Wildman–Crippen MR) is 117 cm³/mol. The molecule has 150 valence electrons. The van der Waals surface area contributed by atoms with Gasteiger partial charge < -0.3 is 15.3 Å². The van der Waals surface area contributed by atoms with Crippen molar-refractivity contribution in [2.24, 2.45) is 0 Å². The Labute approximate surface area is 175 Å². The zero-order chi connectivity index (χ0) is 19.9. The molecule has 0 saturated carbocycles.